The minimum atomic E-state index is -0.371. The Morgan fingerprint density at radius 2 is 2.00 bits per heavy atom. The number of pyridine rings is 1. The summed E-state index contributed by atoms with van der Waals surface area (Å²) in [5.74, 6) is 0.464. The van der Waals surface area contributed by atoms with Crippen molar-refractivity contribution in [1.29, 1.82) is 5.26 Å². The van der Waals surface area contributed by atoms with Crippen molar-refractivity contribution in [2.75, 3.05) is 36.5 Å². The number of piperidine rings is 1. The predicted octanol–water partition coefficient (Wildman–Crippen LogP) is 5.43. The standard InChI is InChI=1S/C33H34N6O5S/c1-19-15-24(44-23-9-13-43-14-10-23)6-7-25(19)39-26-8-11-35-31-27(26)28(37-33(39)42)29(45-31)30(40)36-22-3-2-12-38(18-22)32(41)21(17-34)16-20-4-5-20/h6-8,11,15-16,20,22-23H,2-5,9-10,12-14,18H2,1H3,(H,36,40)(H,37,42)/b21-16+. The molecule has 1 aliphatic carbocycles. The number of urea groups is 1. The van der Waals surface area contributed by atoms with Crippen LogP contribution in [0.1, 0.15) is 53.8 Å². The van der Waals surface area contributed by atoms with Gasteiger partial charge in [0.15, 0.2) is 0 Å². The van der Waals surface area contributed by atoms with Crippen LogP contribution in [0.5, 0.6) is 5.75 Å². The van der Waals surface area contributed by atoms with Crippen molar-refractivity contribution in [3.8, 4) is 11.8 Å². The second-order valence-corrected chi connectivity index (χ2v) is 13.1. The Bertz CT molecular complexity index is 1750. The molecule has 2 N–H and O–H groups in total. The summed E-state index contributed by atoms with van der Waals surface area (Å²) in [5.41, 5.74) is 2.86. The quantitative estimate of drug-likeness (QED) is 0.264. The first kappa shape index (κ1) is 29.3. The zero-order valence-electron chi connectivity index (χ0n) is 25.0. The summed E-state index contributed by atoms with van der Waals surface area (Å²) in [7, 11) is 0. The number of ether oxygens (including phenoxy) is 2. The maximum Gasteiger partial charge on any atom is 0.331 e. The summed E-state index contributed by atoms with van der Waals surface area (Å²) in [6, 6.07) is 8.91. The first-order chi connectivity index (χ1) is 21.9. The van der Waals surface area contributed by atoms with Gasteiger partial charge in [-0.15, -0.1) is 11.3 Å². The average molecular weight is 627 g/mol. The summed E-state index contributed by atoms with van der Waals surface area (Å²) in [6.45, 7) is 4.20. The number of allylic oxidation sites excluding steroid dienone is 1. The van der Waals surface area contributed by atoms with Gasteiger partial charge in [0.2, 0.25) is 0 Å². The molecule has 11 nitrogen and oxygen atoms in total. The molecule has 0 radical (unpaired) electrons. The molecule has 2 aromatic heterocycles. The van der Waals surface area contributed by atoms with E-state index in [1.807, 2.05) is 25.1 Å². The van der Waals surface area contributed by atoms with Crippen molar-refractivity contribution >= 4 is 56.5 Å². The SMILES string of the molecule is Cc1cc(OC2CCOCC2)ccc1N1C(=O)Nc2c(C(=O)NC3CCCN(C(=O)/C(C#N)=C/C4CC4)C3)sc3nccc1c23. The smallest absolute Gasteiger partial charge is 0.331 e. The third-order valence-electron chi connectivity index (χ3n) is 8.75. The van der Waals surface area contributed by atoms with Crippen LogP contribution in [0.4, 0.5) is 21.9 Å². The maximum atomic E-state index is 13.7. The molecule has 0 spiro atoms. The summed E-state index contributed by atoms with van der Waals surface area (Å²) >= 11 is 1.23. The number of amides is 4. The summed E-state index contributed by atoms with van der Waals surface area (Å²) in [4.78, 5) is 49.1. The summed E-state index contributed by atoms with van der Waals surface area (Å²) in [5, 5.41) is 16.3. The van der Waals surface area contributed by atoms with Gasteiger partial charge < -0.3 is 25.0 Å². The molecule has 3 aliphatic heterocycles. The van der Waals surface area contributed by atoms with Crippen molar-refractivity contribution in [2.24, 2.45) is 5.92 Å². The molecular weight excluding hydrogens is 592 g/mol. The van der Waals surface area contributed by atoms with Crippen molar-refractivity contribution < 1.29 is 23.9 Å². The van der Waals surface area contributed by atoms with Crippen LogP contribution in [-0.2, 0) is 9.53 Å². The molecule has 1 aromatic carbocycles. The van der Waals surface area contributed by atoms with Gasteiger partial charge in [-0.25, -0.2) is 9.78 Å². The van der Waals surface area contributed by atoms with Crippen LogP contribution in [0.2, 0.25) is 0 Å². The number of aromatic nitrogens is 1. The van der Waals surface area contributed by atoms with Crippen molar-refractivity contribution in [1.82, 2.24) is 15.2 Å². The van der Waals surface area contributed by atoms with Crippen molar-refractivity contribution in [3.05, 3.63) is 52.6 Å². The van der Waals surface area contributed by atoms with E-state index in [-0.39, 0.29) is 35.6 Å². The summed E-state index contributed by atoms with van der Waals surface area (Å²) in [6.07, 6.45) is 8.67. The number of hydrogen-bond donors (Lipinski definition) is 2. The third-order valence-corrected chi connectivity index (χ3v) is 9.85. The Balaban J connectivity index is 1.11. The molecule has 45 heavy (non-hydrogen) atoms. The third kappa shape index (κ3) is 5.85. The number of nitrogens with one attached hydrogen (secondary N) is 2. The lowest BCUT2D eigenvalue weighted by molar-refractivity contribution is -0.128. The zero-order valence-corrected chi connectivity index (χ0v) is 25.8. The number of hydrogen-bond acceptors (Lipinski definition) is 8. The topological polar surface area (TPSA) is 137 Å². The molecule has 7 rings (SSSR count). The number of rotatable bonds is 7. The van der Waals surface area contributed by atoms with E-state index in [1.54, 1.807) is 28.1 Å². The zero-order chi connectivity index (χ0) is 31.1. The molecule has 0 bridgehead atoms. The molecule has 5 heterocycles. The number of anilines is 3. The van der Waals surface area contributed by atoms with E-state index < -0.39 is 0 Å². The minimum Gasteiger partial charge on any atom is -0.490 e. The highest BCUT2D eigenvalue weighted by Gasteiger charge is 2.35. The Morgan fingerprint density at radius 1 is 1.18 bits per heavy atom. The van der Waals surface area contributed by atoms with Crippen LogP contribution >= 0.6 is 11.3 Å². The van der Waals surface area contributed by atoms with Gasteiger partial charge in [-0.1, -0.05) is 6.08 Å². The second kappa shape index (κ2) is 12.1. The number of nitriles is 1. The number of carbonyl (C=O) groups excluding carboxylic acids is 3. The highest BCUT2D eigenvalue weighted by atomic mass is 32.1. The van der Waals surface area contributed by atoms with Crippen LogP contribution in [0, 0.1) is 24.2 Å². The van der Waals surface area contributed by atoms with E-state index in [0.717, 1.165) is 37.0 Å². The van der Waals surface area contributed by atoms with Crippen LogP contribution in [0.15, 0.2) is 42.1 Å². The molecule has 232 valence electrons. The van der Waals surface area contributed by atoms with E-state index >= 15 is 0 Å². The van der Waals surface area contributed by atoms with E-state index in [2.05, 4.69) is 21.7 Å². The molecule has 3 aromatic rings. The number of benzene rings is 1. The van der Waals surface area contributed by atoms with Gasteiger partial charge >= 0.3 is 6.03 Å². The number of carbonyl (C=O) groups is 3. The first-order valence-corrected chi connectivity index (χ1v) is 16.3. The van der Waals surface area contributed by atoms with Crippen LogP contribution in [0.3, 0.4) is 0 Å². The molecular formula is C33H34N6O5S. The molecule has 1 saturated carbocycles. The van der Waals surface area contributed by atoms with E-state index in [1.165, 1.54) is 11.3 Å². The number of likely N-dealkylation sites (tertiary alicyclic amines) is 1. The fourth-order valence-electron chi connectivity index (χ4n) is 6.28. The van der Waals surface area contributed by atoms with E-state index in [4.69, 9.17) is 9.47 Å². The first-order valence-electron chi connectivity index (χ1n) is 15.5. The van der Waals surface area contributed by atoms with Crippen LogP contribution in [-0.4, -0.2) is 66.2 Å². The molecule has 4 aliphatic rings. The normalized spacial score (nSPS) is 20.5. The number of nitrogens with zero attached hydrogens (tertiary/aromatic N) is 4. The van der Waals surface area contributed by atoms with Crippen molar-refractivity contribution in [3.63, 3.8) is 0 Å². The molecule has 4 amide bonds. The van der Waals surface area contributed by atoms with Gasteiger partial charge in [-0.05, 0) is 68.4 Å². The van der Waals surface area contributed by atoms with Crippen LogP contribution < -0.4 is 20.3 Å². The second-order valence-electron chi connectivity index (χ2n) is 12.1. The van der Waals surface area contributed by atoms with E-state index in [9.17, 15) is 19.6 Å². The Kier molecular flexibility index (Phi) is 7.89. The maximum absolute atomic E-state index is 13.7. The molecule has 3 fully saturated rings. The number of thiophene rings is 1. The number of aryl methyl sites for hydroxylation is 1. The van der Waals surface area contributed by atoms with E-state index in [0.29, 0.717) is 77.2 Å². The fraction of sp³-hybridized carbons (Fsp3) is 0.424. The Morgan fingerprint density at radius 3 is 2.76 bits per heavy atom. The average Bonchev–Trinajstić information content (AvgIpc) is 3.80. The molecule has 1 atom stereocenters. The van der Waals surface area contributed by atoms with Crippen LogP contribution in [0.25, 0.3) is 10.2 Å². The highest BCUT2D eigenvalue weighted by molar-refractivity contribution is 7.21. The van der Waals surface area contributed by atoms with Gasteiger partial charge in [0.1, 0.15) is 33.2 Å². The predicted molar refractivity (Wildman–Crippen MR) is 170 cm³/mol. The highest BCUT2D eigenvalue weighted by Crippen LogP contribution is 2.46. The van der Waals surface area contributed by atoms with Gasteiger partial charge in [-0.2, -0.15) is 5.26 Å². The fourth-order valence-corrected chi connectivity index (χ4v) is 7.30. The minimum absolute atomic E-state index is 0.108. The van der Waals surface area contributed by atoms with Gasteiger partial charge in [0.05, 0.1) is 35.7 Å². The monoisotopic (exact) mass is 626 g/mol. The van der Waals surface area contributed by atoms with Gasteiger partial charge in [0.25, 0.3) is 11.8 Å². The lowest BCUT2D eigenvalue weighted by atomic mass is 10.0. The lowest BCUT2D eigenvalue weighted by Crippen LogP contribution is -2.50. The lowest BCUT2D eigenvalue weighted by Gasteiger charge is -2.33. The van der Waals surface area contributed by atoms with Gasteiger partial charge in [0, 0.05) is 38.2 Å². The molecule has 2 saturated heterocycles. The van der Waals surface area contributed by atoms with Crippen molar-refractivity contribution in [2.45, 2.75) is 57.6 Å². The summed E-state index contributed by atoms with van der Waals surface area (Å²) < 4.78 is 11.6. The molecule has 1 unspecified atom stereocenters. The Labute approximate surface area is 264 Å². The largest absolute Gasteiger partial charge is 0.490 e. The Hall–Kier alpha value is -4.47. The molecule has 12 heteroatoms. The van der Waals surface area contributed by atoms with Gasteiger partial charge in [-0.3, -0.25) is 14.5 Å².